The van der Waals surface area contributed by atoms with E-state index in [1.807, 2.05) is 62.1 Å². The average molecular weight is 500 g/mol. The van der Waals surface area contributed by atoms with Crippen molar-refractivity contribution < 1.29 is 13.9 Å². The maximum atomic E-state index is 13.5. The molecule has 1 aliphatic heterocycles. The number of nitrogens with two attached hydrogens (primary N) is 1. The first-order valence-electron chi connectivity index (χ1n) is 12.6. The van der Waals surface area contributed by atoms with E-state index < -0.39 is 11.8 Å². The van der Waals surface area contributed by atoms with Crippen molar-refractivity contribution in [1.29, 1.82) is 5.26 Å². The summed E-state index contributed by atoms with van der Waals surface area (Å²) < 4.78 is 11.8. The highest BCUT2D eigenvalue weighted by Crippen LogP contribution is 2.29. The lowest BCUT2D eigenvalue weighted by Crippen LogP contribution is -2.55. The fourth-order valence-corrected chi connectivity index (χ4v) is 4.49. The fraction of sp³-hybridized carbons (Fsp3) is 0.345. The zero-order valence-electron chi connectivity index (χ0n) is 21.5. The Hall–Kier alpha value is -4.09. The molecule has 0 bridgehead atoms. The topological polar surface area (TPSA) is 117 Å². The van der Waals surface area contributed by atoms with E-state index >= 15 is 0 Å². The van der Waals surface area contributed by atoms with Gasteiger partial charge >= 0.3 is 0 Å². The van der Waals surface area contributed by atoms with Crippen molar-refractivity contribution in [3.05, 3.63) is 83.1 Å². The summed E-state index contributed by atoms with van der Waals surface area (Å²) in [5.74, 6) is 0.632. The summed E-state index contributed by atoms with van der Waals surface area (Å²) in [6.07, 6.45) is 3.19. The summed E-state index contributed by atoms with van der Waals surface area (Å²) in [4.78, 5) is 15.3. The number of ether oxygens (including phenoxy) is 1. The minimum atomic E-state index is -0.753. The van der Waals surface area contributed by atoms with E-state index in [1.165, 1.54) is 6.26 Å². The van der Waals surface area contributed by atoms with Crippen molar-refractivity contribution in [1.82, 2.24) is 10.3 Å². The first kappa shape index (κ1) is 26.0. The van der Waals surface area contributed by atoms with Gasteiger partial charge in [-0.15, -0.1) is 5.10 Å². The minimum absolute atomic E-state index is 0.0901. The molecule has 0 aliphatic carbocycles. The quantitative estimate of drug-likeness (QED) is 0.419. The van der Waals surface area contributed by atoms with Gasteiger partial charge in [0.25, 0.3) is 5.91 Å². The van der Waals surface area contributed by atoms with Crippen molar-refractivity contribution >= 4 is 11.8 Å². The summed E-state index contributed by atoms with van der Waals surface area (Å²) >= 11 is 0. The lowest BCUT2D eigenvalue weighted by Gasteiger charge is -2.30. The smallest absolute Gasteiger partial charge is 0.253 e. The third-order valence-electron chi connectivity index (χ3n) is 6.29. The molecule has 3 N–H and O–H groups in total. The molecule has 1 amide bonds. The van der Waals surface area contributed by atoms with Crippen LogP contribution in [0.15, 0.2) is 70.4 Å². The van der Waals surface area contributed by atoms with Gasteiger partial charge in [-0.1, -0.05) is 44.2 Å². The Morgan fingerprint density at radius 1 is 1.14 bits per heavy atom. The second kappa shape index (κ2) is 11.3. The second-order valence-corrected chi connectivity index (χ2v) is 9.58. The Bertz CT molecular complexity index is 1300. The first-order chi connectivity index (χ1) is 17.9. The molecule has 0 fully saturated rings. The molecule has 1 aromatic heterocycles. The van der Waals surface area contributed by atoms with Crippen LogP contribution in [0, 0.1) is 11.3 Å². The number of benzene rings is 2. The highest BCUT2D eigenvalue weighted by molar-refractivity contribution is 6.01. The molecule has 0 saturated heterocycles. The van der Waals surface area contributed by atoms with E-state index in [4.69, 9.17) is 14.9 Å². The van der Waals surface area contributed by atoms with E-state index in [-0.39, 0.29) is 5.91 Å². The number of nitrogens with one attached hydrogen (secondary N) is 1. The molecule has 4 rings (SSSR count). The Morgan fingerprint density at radius 3 is 2.51 bits per heavy atom. The number of furan rings is 1. The molecule has 1 aliphatic rings. The molecule has 8 heteroatoms. The van der Waals surface area contributed by atoms with Gasteiger partial charge in [0, 0.05) is 29.8 Å². The lowest BCUT2D eigenvalue weighted by molar-refractivity contribution is 0.0755. The van der Waals surface area contributed by atoms with Crippen LogP contribution in [-0.2, 0) is 11.2 Å². The largest absolute Gasteiger partial charge is 0.463 e. The summed E-state index contributed by atoms with van der Waals surface area (Å²) in [6.45, 7) is 7.32. The average Bonchev–Trinajstić information content (AvgIpc) is 3.59. The molecule has 0 radical (unpaired) electrons. The van der Waals surface area contributed by atoms with Gasteiger partial charge in [0.05, 0.1) is 17.4 Å². The van der Waals surface area contributed by atoms with Gasteiger partial charge in [0.2, 0.25) is 12.1 Å². The van der Waals surface area contributed by atoms with Crippen LogP contribution in [0.4, 0.5) is 0 Å². The summed E-state index contributed by atoms with van der Waals surface area (Å²) in [6, 6.07) is 19.1. The lowest BCUT2D eigenvalue weighted by atomic mass is 9.92. The minimum Gasteiger partial charge on any atom is -0.463 e. The maximum absolute atomic E-state index is 13.5. The van der Waals surface area contributed by atoms with Gasteiger partial charge in [-0.2, -0.15) is 5.26 Å². The number of rotatable bonds is 10. The van der Waals surface area contributed by atoms with Crippen LogP contribution in [0.5, 0.6) is 0 Å². The Morgan fingerprint density at radius 2 is 1.84 bits per heavy atom. The molecule has 2 atom stereocenters. The van der Waals surface area contributed by atoms with Crippen molar-refractivity contribution in [2.24, 2.45) is 10.8 Å². The van der Waals surface area contributed by atoms with E-state index in [1.54, 1.807) is 18.2 Å². The van der Waals surface area contributed by atoms with Gasteiger partial charge in [0.1, 0.15) is 6.07 Å². The van der Waals surface area contributed by atoms with E-state index in [0.29, 0.717) is 53.4 Å². The Kier molecular flexibility index (Phi) is 7.95. The van der Waals surface area contributed by atoms with Crippen molar-refractivity contribution in [3.8, 4) is 17.4 Å². The number of hydrogen-bond acceptors (Lipinski definition) is 7. The standard InChI is InChI=1S/C29H33N5O3/c1-4-12-34(13-5-2)27(35)24-16-22(25-21(19-30)11-14-36-25)15-23(17-24)26-32-33-28(37-26)29(3,31)18-20-9-7-6-8-10-20/h6-11,14-17,28,33H,4-5,12-13,18,31H2,1-3H3. The van der Waals surface area contributed by atoms with Crippen LogP contribution in [0.3, 0.4) is 0 Å². The van der Waals surface area contributed by atoms with Gasteiger partial charge < -0.3 is 19.8 Å². The fourth-order valence-electron chi connectivity index (χ4n) is 4.49. The SMILES string of the molecule is CCCN(CCC)C(=O)c1cc(C2=NNC(C(C)(N)Cc3ccccc3)O2)cc(-c2occc2C#N)c1. The van der Waals surface area contributed by atoms with Crippen LogP contribution in [0.1, 0.15) is 60.7 Å². The van der Waals surface area contributed by atoms with Crippen LogP contribution >= 0.6 is 0 Å². The summed E-state index contributed by atoms with van der Waals surface area (Å²) in [5.41, 5.74) is 12.1. The number of carbonyl (C=O) groups is 1. The molecule has 0 saturated carbocycles. The van der Waals surface area contributed by atoms with Crippen LogP contribution < -0.4 is 11.2 Å². The highest BCUT2D eigenvalue weighted by atomic mass is 16.5. The van der Waals surface area contributed by atoms with Crippen LogP contribution in [-0.4, -0.2) is 41.6 Å². The van der Waals surface area contributed by atoms with Crippen LogP contribution in [0.2, 0.25) is 0 Å². The summed E-state index contributed by atoms with van der Waals surface area (Å²) in [5, 5.41) is 14.0. The first-order valence-corrected chi connectivity index (χ1v) is 12.6. The zero-order valence-corrected chi connectivity index (χ0v) is 21.5. The Labute approximate surface area is 217 Å². The molecule has 37 heavy (non-hydrogen) atoms. The molecule has 192 valence electrons. The molecule has 8 nitrogen and oxygen atoms in total. The Balaban J connectivity index is 1.66. The third kappa shape index (κ3) is 5.84. The van der Waals surface area contributed by atoms with Gasteiger partial charge in [-0.3, -0.25) is 10.2 Å². The molecule has 0 spiro atoms. The molecular weight excluding hydrogens is 466 g/mol. The van der Waals surface area contributed by atoms with E-state index in [9.17, 15) is 10.1 Å². The zero-order chi connectivity index (χ0) is 26.4. The predicted molar refractivity (Wildman–Crippen MR) is 143 cm³/mol. The normalized spacial score (nSPS) is 16.2. The maximum Gasteiger partial charge on any atom is 0.253 e. The summed E-state index contributed by atoms with van der Waals surface area (Å²) in [7, 11) is 0. The monoisotopic (exact) mass is 499 g/mol. The van der Waals surface area contributed by atoms with Crippen molar-refractivity contribution in [2.45, 2.75) is 51.8 Å². The van der Waals surface area contributed by atoms with Crippen LogP contribution in [0.25, 0.3) is 11.3 Å². The molecule has 2 heterocycles. The molecule has 2 aromatic carbocycles. The highest BCUT2D eigenvalue weighted by Gasteiger charge is 2.37. The number of hydrazone groups is 1. The number of amides is 1. The number of carbonyl (C=O) groups excluding carboxylic acids is 1. The van der Waals surface area contributed by atoms with Gasteiger partial charge in [0.15, 0.2) is 5.76 Å². The van der Waals surface area contributed by atoms with Gasteiger partial charge in [-0.25, -0.2) is 0 Å². The van der Waals surface area contributed by atoms with E-state index in [0.717, 1.165) is 18.4 Å². The van der Waals surface area contributed by atoms with Gasteiger partial charge in [-0.05, 0) is 56.0 Å². The molecular formula is C29H33N5O3. The molecule has 2 unspecified atom stereocenters. The molecule has 3 aromatic rings. The second-order valence-electron chi connectivity index (χ2n) is 9.58. The van der Waals surface area contributed by atoms with E-state index in [2.05, 4.69) is 16.6 Å². The van der Waals surface area contributed by atoms with Crippen molar-refractivity contribution in [3.63, 3.8) is 0 Å². The number of nitriles is 1. The predicted octanol–water partition coefficient (Wildman–Crippen LogP) is 4.65. The number of hydrogen-bond donors (Lipinski definition) is 2. The van der Waals surface area contributed by atoms with Crippen molar-refractivity contribution in [2.75, 3.05) is 13.1 Å². The third-order valence-corrected chi connectivity index (χ3v) is 6.29. The number of nitrogens with zero attached hydrogens (tertiary/aromatic N) is 3.